The van der Waals surface area contributed by atoms with Gasteiger partial charge < -0.3 is 10.2 Å². The van der Waals surface area contributed by atoms with Crippen LogP contribution in [0.2, 0.25) is 0 Å². The zero-order chi connectivity index (χ0) is 10.3. The molecule has 0 bridgehead atoms. The predicted molar refractivity (Wildman–Crippen MR) is 48.1 cm³/mol. The first-order valence-electron chi connectivity index (χ1n) is 3.93. The van der Waals surface area contributed by atoms with E-state index >= 15 is 0 Å². The van der Waals surface area contributed by atoms with Gasteiger partial charge in [0.2, 0.25) is 11.6 Å². The van der Waals surface area contributed by atoms with Gasteiger partial charge in [0.1, 0.15) is 11.5 Å². The highest BCUT2D eigenvalue weighted by Gasteiger charge is 2.25. The van der Waals surface area contributed by atoms with E-state index in [1.807, 2.05) is 0 Å². The van der Waals surface area contributed by atoms with Crippen LogP contribution >= 0.6 is 0 Å². The standard InChI is InChI=1S/C10H6O4/c11-6-3-4-7(12)9-5(6)1-2-8(13)10(9)14/h1-4,11-12H. The van der Waals surface area contributed by atoms with Gasteiger partial charge in [-0.3, -0.25) is 9.59 Å². The molecule has 0 aliphatic heterocycles. The fourth-order valence-corrected chi connectivity index (χ4v) is 1.36. The number of benzene rings is 1. The Morgan fingerprint density at radius 1 is 0.929 bits per heavy atom. The molecule has 4 heteroatoms. The van der Waals surface area contributed by atoms with E-state index in [-0.39, 0.29) is 22.6 Å². The van der Waals surface area contributed by atoms with Crippen molar-refractivity contribution in [3.63, 3.8) is 0 Å². The maximum Gasteiger partial charge on any atom is 0.237 e. The van der Waals surface area contributed by atoms with Crippen LogP contribution in [0.3, 0.4) is 0 Å². The number of allylic oxidation sites excluding steroid dienone is 1. The lowest BCUT2D eigenvalue weighted by atomic mass is 9.94. The van der Waals surface area contributed by atoms with Crippen molar-refractivity contribution in [1.29, 1.82) is 0 Å². The van der Waals surface area contributed by atoms with Crippen molar-refractivity contribution in [1.82, 2.24) is 0 Å². The minimum absolute atomic E-state index is 0.127. The van der Waals surface area contributed by atoms with Crippen molar-refractivity contribution in [2.24, 2.45) is 0 Å². The normalized spacial score (nSPS) is 14.3. The van der Waals surface area contributed by atoms with E-state index in [2.05, 4.69) is 0 Å². The Labute approximate surface area is 79.1 Å². The number of carbonyl (C=O) groups excluding carboxylic acids is 2. The van der Waals surface area contributed by atoms with E-state index in [1.54, 1.807) is 0 Å². The summed E-state index contributed by atoms with van der Waals surface area (Å²) in [7, 11) is 0. The van der Waals surface area contributed by atoms with Crippen LogP contribution in [0.4, 0.5) is 0 Å². The fraction of sp³-hybridized carbons (Fsp3) is 0. The molecule has 0 aromatic heterocycles. The van der Waals surface area contributed by atoms with Crippen molar-refractivity contribution in [3.05, 3.63) is 29.3 Å². The average molecular weight is 190 g/mol. The largest absolute Gasteiger partial charge is 0.507 e. The van der Waals surface area contributed by atoms with Crippen molar-refractivity contribution in [3.8, 4) is 11.5 Å². The quantitative estimate of drug-likeness (QED) is 0.470. The molecule has 0 atom stereocenters. The van der Waals surface area contributed by atoms with E-state index in [1.165, 1.54) is 18.2 Å². The van der Waals surface area contributed by atoms with Crippen LogP contribution in [-0.4, -0.2) is 21.8 Å². The second-order valence-electron chi connectivity index (χ2n) is 2.92. The predicted octanol–water partition coefficient (Wildman–Crippen LogP) is 0.876. The molecule has 0 unspecified atom stereocenters. The van der Waals surface area contributed by atoms with Gasteiger partial charge in [-0.15, -0.1) is 0 Å². The summed E-state index contributed by atoms with van der Waals surface area (Å²) >= 11 is 0. The number of hydrogen-bond donors (Lipinski definition) is 2. The van der Waals surface area contributed by atoms with Crippen LogP contribution in [-0.2, 0) is 4.79 Å². The highest BCUT2D eigenvalue weighted by molar-refractivity contribution is 6.50. The Hall–Kier alpha value is -2.10. The van der Waals surface area contributed by atoms with Crippen LogP contribution in [0.5, 0.6) is 11.5 Å². The van der Waals surface area contributed by atoms with Gasteiger partial charge in [-0.05, 0) is 24.3 Å². The van der Waals surface area contributed by atoms with Gasteiger partial charge in [-0.2, -0.15) is 0 Å². The monoisotopic (exact) mass is 190 g/mol. The first kappa shape index (κ1) is 8.50. The molecule has 1 aromatic carbocycles. The number of ketones is 2. The molecule has 2 N–H and O–H groups in total. The SMILES string of the molecule is O=C1C=Cc2c(O)ccc(O)c2C1=O. The third-order valence-corrected chi connectivity index (χ3v) is 2.05. The van der Waals surface area contributed by atoms with Gasteiger partial charge in [0.15, 0.2) is 0 Å². The molecule has 1 aliphatic carbocycles. The van der Waals surface area contributed by atoms with Gasteiger partial charge in [-0.1, -0.05) is 0 Å². The Morgan fingerprint density at radius 2 is 1.57 bits per heavy atom. The summed E-state index contributed by atoms with van der Waals surface area (Å²) in [6.07, 6.45) is 2.39. The summed E-state index contributed by atoms with van der Waals surface area (Å²) < 4.78 is 0. The molecule has 0 heterocycles. The molecule has 4 nitrogen and oxygen atoms in total. The molecule has 1 aromatic rings. The molecule has 1 aliphatic rings. The topological polar surface area (TPSA) is 74.6 Å². The third-order valence-electron chi connectivity index (χ3n) is 2.05. The van der Waals surface area contributed by atoms with Gasteiger partial charge in [0, 0.05) is 5.56 Å². The number of aromatic hydroxyl groups is 2. The number of hydrogen-bond acceptors (Lipinski definition) is 4. The molecule has 70 valence electrons. The fourth-order valence-electron chi connectivity index (χ4n) is 1.36. The maximum absolute atomic E-state index is 11.3. The Morgan fingerprint density at radius 3 is 2.29 bits per heavy atom. The number of phenolic OH excluding ortho intramolecular Hbond substituents is 2. The summed E-state index contributed by atoms with van der Waals surface area (Å²) in [5.74, 6) is -1.91. The van der Waals surface area contributed by atoms with Gasteiger partial charge in [0.05, 0.1) is 5.56 Å². The van der Waals surface area contributed by atoms with Gasteiger partial charge >= 0.3 is 0 Å². The van der Waals surface area contributed by atoms with E-state index in [0.29, 0.717) is 0 Å². The average Bonchev–Trinajstić information content (AvgIpc) is 2.16. The van der Waals surface area contributed by atoms with E-state index in [9.17, 15) is 19.8 Å². The highest BCUT2D eigenvalue weighted by atomic mass is 16.3. The van der Waals surface area contributed by atoms with Gasteiger partial charge in [0.25, 0.3) is 0 Å². The van der Waals surface area contributed by atoms with Crippen LogP contribution in [0.15, 0.2) is 18.2 Å². The zero-order valence-corrected chi connectivity index (χ0v) is 7.02. The molecule has 0 amide bonds. The Balaban J connectivity index is 2.79. The molecule has 14 heavy (non-hydrogen) atoms. The van der Waals surface area contributed by atoms with Crippen molar-refractivity contribution in [2.45, 2.75) is 0 Å². The van der Waals surface area contributed by atoms with E-state index in [0.717, 1.165) is 6.08 Å². The first-order chi connectivity index (χ1) is 6.61. The molecule has 0 radical (unpaired) electrons. The molecule has 2 rings (SSSR count). The molecular weight excluding hydrogens is 184 g/mol. The molecule has 0 saturated carbocycles. The van der Waals surface area contributed by atoms with Gasteiger partial charge in [-0.25, -0.2) is 0 Å². The molecule has 0 spiro atoms. The molecule has 0 saturated heterocycles. The van der Waals surface area contributed by atoms with Crippen LogP contribution in [0, 0.1) is 0 Å². The summed E-state index contributed by atoms with van der Waals surface area (Å²) in [4.78, 5) is 22.3. The lowest BCUT2D eigenvalue weighted by Gasteiger charge is -2.11. The number of carbonyl (C=O) groups is 2. The Bertz CT molecular complexity index is 471. The first-order valence-corrected chi connectivity index (χ1v) is 3.93. The third kappa shape index (κ3) is 1.01. The number of phenols is 2. The number of Topliss-reactive ketones (excluding diaryl/α,β-unsaturated/α-hetero) is 1. The highest BCUT2D eigenvalue weighted by Crippen LogP contribution is 2.32. The lowest BCUT2D eigenvalue weighted by molar-refractivity contribution is -0.110. The second-order valence-corrected chi connectivity index (χ2v) is 2.92. The zero-order valence-electron chi connectivity index (χ0n) is 7.02. The summed E-state index contributed by atoms with van der Waals surface area (Å²) in [5.41, 5.74) is 0.0621. The minimum atomic E-state index is -0.795. The lowest BCUT2D eigenvalue weighted by Crippen LogP contribution is -2.16. The van der Waals surface area contributed by atoms with Crippen LogP contribution < -0.4 is 0 Å². The molecule has 0 fully saturated rings. The maximum atomic E-state index is 11.3. The Kier molecular flexibility index (Phi) is 1.64. The number of rotatable bonds is 0. The second kappa shape index (κ2) is 2.70. The summed E-state index contributed by atoms with van der Waals surface area (Å²) in [6.45, 7) is 0. The van der Waals surface area contributed by atoms with Crippen molar-refractivity contribution < 1.29 is 19.8 Å². The van der Waals surface area contributed by atoms with Crippen molar-refractivity contribution >= 4 is 17.6 Å². The van der Waals surface area contributed by atoms with E-state index < -0.39 is 11.6 Å². The van der Waals surface area contributed by atoms with Crippen molar-refractivity contribution in [2.75, 3.05) is 0 Å². The smallest absolute Gasteiger partial charge is 0.237 e. The summed E-state index contributed by atoms with van der Waals surface area (Å²) in [5, 5.41) is 18.7. The summed E-state index contributed by atoms with van der Waals surface area (Å²) in [6, 6.07) is 2.44. The molecular formula is C10H6O4. The van der Waals surface area contributed by atoms with E-state index in [4.69, 9.17) is 0 Å². The van der Waals surface area contributed by atoms with Crippen LogP contribution in [0.1, 0.15) is 15.9 Å². The minimum Gasteiger partial charge on any atom is -0.507 e. The van der Waals surface area contributed by atoms with Crippen LogP contribution in [0.25, 0.3) is 6.08 Å². The number of fused-ring (bicyclic) bond motifs is 1.